The van der Waals surface area contributed by atoms with Crippen molar-refractivity contribution >= 4 is 41.5 Å². The molecule has 0 bridgehead atoms. The average molecular weight is 532 g/mol. The number of carboxylic acid groups (broad SMARTS) is 2. The third-order valence-electron chi connectivity index (χ3n) is 4.98. The van der Waals surface area contributed by atoms with Gasteiger partial charge in [-0.3, -0.25) is 28.8 Å². The van der Waals surface area contributed by atoms with Crippen molar-refractivity contribution < 1.29 is 43.8 Å². The number of nitrogens with two attached hydrogens (primary N) is 2. The molecule has 0 saturated carbocycles. The van der Waals surface area contributed by atoms with Gasteiger partial charge in [-0.1, -0.05) is 0 Å². The maximum atomic E-state index is 12.4. The first-order chi connectivity index (χ1) is 17.2. The monoisotopic (exact) mass is 531 g/mol. The molecular formula is C21H37N7O9. The van der Waals surface area contributed by atoms with Crippen molar-refractivity contribution in [3.8, 4) is 0 Å². The second kappa shape index (κ2) is 16.8. The summed E-state index contributed by atoms with van der Waals surface area (Å²) in [5, 5.41) is 24.8. The first kappa shape index (κ1) is 33.2. The van der Waals surface area contributed by atoms with Gasteiger partial charge in [0.15, 0.2) is 0 Å². The minimum atomic E-state index is -1.58. The van der Waals surface area contributed by atoms with E-state index in [1.165, 1.54) is 21.0 Å². The zero-order valence-corrected chi connectivity index (χ0v) is 21.2. The number of carbonyl (C=O) groups excluding carboxylic acids is 5. The standard InChI is InChI=1S/C21H37N7O9/c1-12(23)20(35)28(3)11-17(31)27(2)10-16(30)26-14(8-18(32)33)19(34)24-9-15(29)25-13(21(36)37)6-4-5-7-22/h12-14H,4-11,22-23H2,1-3H3,(H,24,34)(H,25,29)(H,26,30)(H,32,33)(H,36,37)/t12-,13-,14-/m0/s1. The summed E-state index contributed by atoms with van der Waals surface area (Å²) in [6.45, 7) is 0.241. The van der Waals surface area contributed by atoms with Gasteiger partial charge in [0.1, 0.15) is 12.1 Å². The minimum absolute atomic E-state index is 0.130. The molecule has 0 spiro atoms. The predicted octanol–water partition coefficient (Wildman–Crippen LogP) is -3.98. The first-order valence-electron chi connectivity index (χ1n) is 11.4. The lowest BCUT2D eigenvalue weighted by Crippen LogP contribution is -2.53. The molecule has 0 aromatic rings. The van der Waals surface area contributed by atoms with Gasteiger partial charge >= 0.3 is 11.9 Å². The van der Waals surface area contributed by atoms with Crippen LogP contribution >= 0.6 is 0 Å². The minimum Gasteiger partial charge on any atom is -0.481 e. The smallest absolute Gasteiger partial charge is 0.326 e. The molecule has 0 aromatic carbocycles. The Morgan fingerprint density at radius 1 is 0.865 bits per heavy atom. The summed E-state index contributed by atoms with van der Waals surface area (Å²) in [5.74, 6) is -6.48. The van der Waals surface area contributed by atoms with Gasteiger partial charge in [0, 0.05) is 14.1 Å². The van der Waals surface area contributed by atoms with Crippen LogP contribution in [0.3, 0.4) is 0 Å². The first-order valence-corrected chi connectivity index (χ1v) is 11.4. The molecule has 16 nitrogen and oxygen atoms in total. The van der Waals surface area contributed by atoms with E-state index in [0.29, 0.717) is 19.4 Å². The quantitative estimate of drug-likeness (QED) is 0.0890. The van der Waals surface area contributed by atoms with E-state index in [2.05, 4.69) is 16.0 Å². The summed E-state index contributed by atoms with van der Waals surface area (Å²) in [7, 11) is 2.63. The topological polar surface area (TPSA) is 255 Å². The summed E-state index contributed by atoms with van der Waals surface area (Å²) < 4.78 is 0. The maximum absolute atomic E-state index is 12.4. The van der Waals surface area contributed by atoms with E-state index in [1.807, 2.05) is 0 Å². The fraction of sp³-hybridized carbons (Fsp3) is 0.667. The van der Waals surface area contributed by atoms with Crippen molar-refractivity contribution in [1.82, 2.24) is 25.8 Å². The third kappa shape index (κ3) is 13.8. The van der Waals surface area contributed by atoms with Crippen molar-refractivity contribution in [2.45, 2.75) is 50.7 Å². The summed E-state index contributed by atoms with van der Waals surface area (Å²) in [6.07, 6.45) is 0.336. The highest BCUT2D eigenvalue weighted by Gasteiger charge is 2.27. The van der Waals surface area contributed by atoms with Crippen LogP contribution in [0.4, 0.5) is 0 Å². The Labute approximate surface area is 214 Å². The number of aliphatic carboxylic acids is 2. The maximum Gasteiger partial charge on any atom is 0.326 e. The molecule has 3 atom stereocenters. The molecule has 0 unspecified atom stereocenters. The number of amides is 5. The van der Waals surface area contributed by atoms with E-state index in [4.69, 9.17) is 16.6 Å². The number of nitrogens with one attached hydrogen (secondary N) is 3. The van der Waals surface area contributed by atoms with E-state index in [1.54, 1.807) is 0 Å². The molecule has 0 aliphatic carbocycles. The van der Waals surface area contributed by atoms with E-state index in [0.717, 1.165) is 9.80 Å². The Morgan fingerprint density at radius 3 is 1.97 bits per heavy atom. The lowest BCUT2D eigenvalue weighted by atomic mass is 10.1. The predicted molar refractivity (Wildman–Crippen MR) is 129 cm³/mol. The summed E-state index contributed by atoms with van der Waals surface area (Å²) in [5.41, 5.74) is 10.8. The Hall–Kier alpha value is -3.79. The number of carboxylic acids is 2. The van der Waals surface area contributed by atoms with Gasteiger partial charge in [0.2, 0.25) is 29.5 Å². The van der Waals surface area contributed by atoms with Gasteiger partial charge in [-0.25, -0.2) is 4.79 Å². The summed E-state index contributed by atoms with van der Waals surface area (Å²) in [6, 6.07) is -3.60. The molecule has 210 valence electrons. The average Bonchev–Trinajstić information content (AvgIpc) is 2.80. The van der Waals surface area contributed by atoms with Gasteiger partial charge in [-0.15, -0.1) is 0 Å². The summed E-state index contributed by atoms with van der Waals surface area (Å²) in [4.78, 5) is 85.4. The van der Waals surface area contributed by atoms with E-state index < -0.39 is 79.1 Å². The molecule has 0 saturated heterocycles. The highest BCUT2D eigenvalue weighted by Crippen LogP contribution is 2.01. The van der Waals surface area contributed by atoms with Crippen LogP contribution < -0.4 is 27.4 Å². The highest BCUT2D eigenvalue weighted by molar-refractivity contribution is 5.95. The number of rotatable bonds is 17. The van der Waals surface area contributed by atoms with Crippen LogP contribution in [0.1, 0.15) is 32.6 Å². The summed E-state index contributed by atoms with van der Waals surface area (Å²) >= 11 is 0. The molecule has 0 aliphatic heterocycles. The van der Waals surface area contributed by atoms with Crippen molar-refractivity contribution in [3.05, 3.63) is 0 Å². The molecule has 37 heavy (non-hydrogen) atoms. The molecule has 0 rings (SSSR count). The largest absolute Gasteiger partial charge is 0.481 e. The third-order valence-corrected chi connectivity index (χ3v) is 4.98. The van der Waals surface area contributed by atoms with Crippen LogP contribution in [0.15, 0.2) is 0 Å². The molecule has 0 aromatic heterocycles. The van der Waals surface area contributed by atoms with Crippen LogP contribution in [0.5, 0.6) is 0 Å². The van der Waals surface area contributed by atoms with Crippen LogP contribution in [0, 0.1) is 0 Å². The van der Waals surface area contributed by atoms with Gasteiger partial charge in [-0.05, 0) is 32.7 Å². The Balaban J connectivity index is 4.94. The number of hydrogen-bond acceptors (Lipinski definition) is 9. The number of hydrogen-bond donors (Lipinski definition) is 7. The Morgan fingerprint density at radius 2 is 1.46 bits per heavy atom. The van der Waals surface area contributed by atoms with Crippen LogP contribution in [-0.2, 0) is 33.6 Å². The van der Waals surface area contributed by atoms with Gasteiger partial charge in [-0.2, -0.15) is 0 Å². The second-order valence-electron chi connectivity index (χ2n) is 8.41. The highest BCUT2D eigenvalue weighted by atomic mass is 16.4. The molecule has 0 heterocycles. The SMILES string of the molecule is C[C@H](N)C(=O)N(C)CC(=O)N(C)CC(=O)N[C@@H](CC(=O)O)C(=O)NCC(=O)N[C@@H](CCCCN)C(=O)O. The lowest BCUT2D eigenvalue weighted by Gasteiger charge is -2.24. The molecule has 5 amide bonds. The van der Waals surface area contributed by atoms with E-state index in [9.17, 15) is 38.7 Å². The van der Waals surface area contributed by atoms with Crippen LogP contribution in [-0.4, -0.2) is 120 Å². The number of unbranched alkanes of at least 4 members (excludes halogenated alkanes) is 1. The Bertz CT molecular complexity index is 850. The zero-order chi connectivity index (χ0) is 28.7. The molecule has 0 radical (unpaired) electrons. The molecule has 0 fully saturated rings. The van der Waals surface area contributed by atoms with E-state index >= 15 is 0 Å². The van der Waals surface area contributed by atoms with E-state index in [-0.39, 0.29) is 13.0 Å². The fourth-order valence-corrected chi connectivity index (χ4v) is 2.96. The van der Waals surface area contributed by atoms with Gasteiger partial charge in [0.05, 0.1) is 32.1 Å². The molecular weight excluding hydrogens is 494 g/mol. The normalized spacial score (nSPS) is 12.9. The van der Waals surface area contributed by atoms with Crippen LogP contribution in [0.25, 0.3) is 0 Å². The Kier molecular flexibility index (Phi) is 15.1. The van der Waals surface area contributed by atoms with Crippen molar-refractivity contribution in [1.29, 1.82) is 0 Å². The number of likely N-dealkylation sites (N-methyl/N-ethyl adjacent to an activating group) is 2. The molecule has 16 heteroatoms. The molecule has 9 N–H and O–H groups in total. The number of nitrogens with zero attached hydrogens (tertiary/aromatic N) is 2. The van der Waals surface area contributed by atoms with Crippen LogP contribution in [0.2, 0.25) is 0 Å². The van der Waals surface area contributed by atoms with Gasteiger partial charge in [0.25, 0.3) is 0 Å². The second-order valence-corrected chi connectivity index (χ2v) is 8.41. The zero-order valence-electron chi connectivity index (χ0n) is 21.2. The van der Waals surface area contributed by atoms with Gasteiger partial charge < -0.3 is 47.4 Å². The number of carbonyl (C=O) groups is 7. The van der Waals surface area contributed by atoms with Crippen molar-refractivity contribution in [2.24, 2.45) is 11.5 Å². The fourth-order valence-electron chi connectivity index (χ4n) is 2.96. The molecule has 0 aliphatic rings. The van der Waals surface area contributed by atoms with Crippen molar-refractivity contribution in [2.75, 3.05) is 40.3 Å². The van der Waals surface area contributed by atoms with Crippen molar-refractivity contribution in [3.63, 3.8) is 0 Å². The lowest BCUT2D eigenvalue weighted by molar-refractivity contribution is -0.143.